The average molecular weight is 441 g/mol. The molecule has 0 aromatic carbocycles. The van der Waals surface area contributed by atoms with Gasteiger partial charge in [-0.2, -0.15) is 0 Å². The van der Waals surface area contributed by atoms with Crippen LogP contribution in [0.5, 0.6) is 0 Å². The second-order valence-electron chi connectivity index (χ2n) is 8.33. The Balaban J connectivity index is 0. The first kappa shape index (κ1) is 30.2. The summed E-state index contributed by atoms with van der Waals surface area (Å²) in [6, 6.07) is 0. The topological polar surface area (TPSA) is 26.3 Å². The van der Waals surface area contributed by atoms with E-state index in [1.165, 1.54) is 116 Å². The van der Waals surface area contributed by atoms with Gasteiger partial charge in [-0.25, -0.2) is 0 Å². The fourth-order valence-electron chi connectivity index (χ4n) is 3.60. The average Bonchev–Trinajstić information content (AvgIpc) is 2.67. The van der Waals surface area contributed by atoms with Crippen molar-refractivity contribution in [2.24, 2.45) is 0 Å². The maximum atomic E-state index is 11.7. The fraction of sp³-hybridized carbons (Fsp3) is 0.960. The molecule has 3 heteroatoms. The molecule has 0 aliphatic heterocycles. The van der Waals surface area contributed by atoms with Crippen LogP contribution in [0.2, 0.25) is 0 Å². The molecule has 0 radical (unpaired) electrons. The van der Waals surface area contributed by atoms with Crippen molar-refractivity contribution >= 4 is 5.97 Å². The van der Waals surface area contributed by atoms with Crippen LogP contribution in [0.4, 0.5) is 0 Å². The Bertz CT molecular complexity index is 294. The third kappa shape index (κ3) is 26.0. The van der Waals surface area contributed by atoms with Gasteiger partial charge in [0.15, 0.2) is 0 Å². The number of carbonyl (C=O) groups is 1. The van der Waals surface area contributed by atoms with Gasteiger partial charge >= 0.3 is 5.97 Å². The number of carbonyl (C=O) groups excluding carboxylic acids is 1. The van der Waals surface area contributed by atoms with Gasteiger partial charge in [0.1, 0.15) is 0 Å². The second-order valence-corrected chi connectivity index (χ2v) is 8.33. The SMILES string of the molecule is CCCCCCCCCCCCOC(=O)CCCCCCCCCCCC.[Ni]. The molecule has 0 aromatic heterocycles. The van der Waals surface area contributed by atoms with Gasteiger partial charge in [0.25, 0.3) is 0 Å². The summed E-state index contributed by atoms with van der Waals surface area (Å²) >= 11 is 0. The molecular formula is C25H50NiO2. The summed E-state index contributed by atoms with van der Waals surface area (Å²) in [6.07, 6.45) is 26.9. The van der Waals surface area contributed by atoms with Gasteiger partial charge in [-0.3, -0.25) is 4.79 Å². The van der Waals surface area contributed by atoms with Crippen molar-refractivity contribution in [1.29, 1.82) is 0 Å². The minimum atomic E-state index is 0. The van der Waals surface area contributed by atoms with Crippen LogP contribution in [0.1, 0.15) is 149 Å². The first-order valence-corrected chi connectivity index (χ1v) is 12.5. The van der Waals surface area contributed by atoms with Crippen LogP contribution < -0.4 is 0 Å². The molecule has 0 saturated carbocycles. The zero-order chi connectivity index (χ0) is 19.8. The van der Waals surface area contributed by atoms with E-state index >= 15 is 0 Å². The number of rotatable bonds is 22. The van der Waals surface area contributed by atoms with E-state index in [1.807, 2.05) is 0 Å². The van der Waals surface area contributed by atoms with E-state index in [0.29, 0.717) is 13.0 Å². The van der Waals surface area contributed by atoms with Crippen LogP contribution >= 0.6 is 0 Å². The second kappa shape index (κ2) is 27.0. The molecule has 0 fully saturated rings. The molecule has 0 saturated heterocycles. The van der Waals surface area contributed by atoms with E-state index in [0.717, 1.165) is 12.8 Å². The summed E-state index contributed by atoms with van der Waals surface area (Å²) in [7, 11) is 0. The molecule has 0 aromatic rings. The van der Waals surface area contributed by atoms with E-state index in [4.69, 9.17) is 4.74 Å². The summed E-state index contributed by atoms with van der Waals surface area (Å²) in [5, 5.41) is 0. The van der Waals surface area contributed by atoms with Gasteiger partial charge in [0, 0.05) is 22.9 Å². The Hall–Kier alpha value is -0.0365. The summed E-state index contributed by atoms with van der Waals surface area (Å²) < 4.78 is 5.36. The molecule has 0 heterocycles. The van der Waals surface area contributed by atoms with Crippen molar-refractivity contribution in [2.45, 2.75) is 149 Å². The Morgan fingerprint density at radius 1 is 0.500 bits per heavy atom. The van der Waals surface area contributed by atoms with Crippen LogP contribution in [-0.2, 0) is 26.0 Å². The molecule has 172 valence electrons. The van der Waals surface area contributed by atoms with Gasteiger partial charge in [0.2, 0.25) is 0 Å². The maximum Gasteiger partial charge on any atom is 0.305 e. The Labute approximate surface area is 187 Å². The fourth-order valence-corrected chi connectivity index (χ4v) is 3.60. The van der Waals surface area contributed by atoms with E-state index in [1.54, 1.807) is 0 Å². The van der Waals surface area contributed by atoms with E-state index < -0.39 is 0 Å². The van der Waals surface area contributed by atoms with Gasteiger partial charge in [0.05, 0.1) is 6.61 Å². The molecule has 0 aliphatic rings. The third-order valence-electron chi connectivity index (χ3n) is 5.50. The van der Waals surface area contributed by atoms with Crippen molar-refractivity contribution in [3.05, 3.63) is 0 Å². The van der Waals surface area contributed by atoms with Crippen LogP contribution in [0.15, 0.2) is 0 Å². The van der Waals surface area contributed by atoms with Gasteiger partial charge < -0.3 is 4.74 Å². The van der Waals surface area contributed by atoms with E-state index in [2.05, 4.69) is 13.8 Å². The van der Waals surface area contributed by atoms with Crippen molar-refractivity contribution in [2.75, 3.05) is 6.61 Å². The van der Waals surface area contributed by atoms with Crippen LogP contribution in [0.3, 0.4) is 0 Å². The van der Waals surface area contributed by atoms with Crippen LogP contribution in [0.25, 0.3) is 0 Å². The molecule has 0 bridgehead atoms. The standard InChI is InChI=1S/C25H50O2.Ni/c1-3-5-7-9-11-13-15-17-19-21-23-25(26)27-24-22-20-18-16-14-12-10-8-6-4-2;/h3-24H2,1-2H3;. The molecule has 0 unspecified atom stereocenters. The van der Waals surface area contributed by atoms with Crippen LogP contribution in [0, 0.1) is 0 Å². The normalized spacial score (nSPS) is 10.6. The number of hydrogen-bond donors (Lipinski definition) is 0. The molecule has 0 aliphatic carbocycles. The first-order valence-electron chi connectivity index (χ1n) is 12.5. The summed E-state index contributed by atoms with van der Waals surface area (Å²) in [4.78, 5) is 11.7. The van der Waals surface area contributed by atoms with Gasteiger partial charge in [-0.05, 0) is 12.8 Å². The molecule has 0 rings (SSSR count). The van der Waals surface area contributed by atoms with Crippen molar-refractivity contribution in [3.8, 4) is 0 Å². The largest absolute Gasteiger partial charge is 0.466 e. The van der Waals surface area contributed by atoms with Crippen molar-refractivity contribution in [1.82, 2.24) is 0 Å². The predicted molar refractivity (Wildman–Crippen MR) is 119 cm³/mol. The summed E-state index contributed by atoms with van der Waals surface area (Å²) in [6.45, 7) is 5.17. The monoisotopic (exact) mass is 440 g/mol. The minimum Gasteiger partial charge on any atom is -0.466 e. The summed E-state index contributed by atoms with van der Waals surface area (Å²) in [5.41, 5.74) is 0. The van der Waals surface area contributed by atoms with Gasteiger partial charge in [-0.1, -0.05) is 129 Å². The molecule has 0 atom stereocenters. The molecule has 0 amide bonds. The first-order chi connectivity index (χ1) is 13.3. The molecule has 0 N–H and O–H groups in total. The molecule has 2 nitrogen and oxygen atoms in total. The minimum absolute atomic E-state index is 0. The Morgan fingerprint density at radius 3 is 1.21 bits per heavy atom. The van der Waals surface area contributed by atoms with Crippen LogP contribution in [-0.4, -0.2) is 12.6 Å². The van der Waals surface area contributed by atoms with Gasteiger partial charge in [-0.15, -0.1) is 0 Å². The smallest absolute Gasteiger partial charge is 0.305 e. The molecule has 28 heavy (non-hydrogen) atoms. The molecular weight excluding hydrogens is 391 g/mol. The molecule has 0 spiro atoms. The summed E-state index contributed by atoms with van der Waals surface area (Å²) in [5.74, 6) is 0.0190. The number of hydrogen-bond acceptors (Lipinski definition) is 2. The zero-order valence-electron chi connectivity index (χ0n) is 19.2. The number of ether oxygens (including phenoxy) is 1. The van der Waals surface area contributed by atoms with Crippen molar-refractivity contribution in [3.63, 3.8) is 0 Å². The Kier molecular flexibility index (Phi) is 29.0. The number of unbranched alkanes of at least 4 members (excludes halogenated alkanes) is 18. The van der Waals surface area contributed by atoms with Crippen molar-refractivity contribution < 1.29 is 26.0 Å². The zero-order valence-corrected chi connectivity index (χ0v) is 20.2. The maximum absolute atomic E-state index is 11.7. The predicted octanol–water partition coefficient (Wildman–Crippen LogP) is 8.76. The Morgan fingerprint density at radius 2 is 0.821 bits per heavy atom. The van der Waals surface area contributed by atoms with E-state index in [9.17, 15) is 4.79 Å². The third-order valence-corrected chi connectivity index (χ3v) is 5.50. The number of esters is 1. The van der Waals surface area contributed by atoms with E-state index in [-0.39, 0.29) is 22.5 Å². The quantitative estimate of drug-likeness (QED) is 0.0954.